The summed E-state index contributed by atoms with van der Waals surface area (Å²) in [7, 11) is 0. The SMILES string of the molecule is Nc1ncccc1-c1cncn1CCSC(F)(F)F. The number of alkyl halides is 3. The summed E-state index contributed by atoms with van der Waals surface area (Å²) in [5.41, 5.74) is 2.85. The van der Waals surface area contributed by atoms with E-state index in [2.05, 4.69) is 9.97 Å². The Morgan fingerprint density at radius 1 is 1.37 bits per heavy atom. The highest BCUT2D eigenvalue weighted by atomic mass is 32.2. The van der Waals surface area contributed by atoms with Gasteiger partial charge in [0.05, 0.1) is 18.2 Å². The van der Waals surface area contributed by atoms with Crippen LogP contribution in [0.1, 0.15) is 0 Å². The Labute approximate surface area is 111 Å². The van der Waals surface area contributed by atoms with Crippen LogP contribution in [0.4, 0.5) is 19.0 Å². The van der Waals surface area contributed by atoms with Gasteiger partial charge in [0.15, 0.2) is 0 Å². The first-order chi connectivity index (χ1) is 8.97. The standard InChI is InChI=1S/C11H11F3N4S/c12-11(13,14)19-5-4-18-7-16-6-9(18)8-2-1-3-17-10(8)15/h1-3,6-7H,4-5H2,(H2,15,17). The van der Waals surface area contributed by atoms with Crippen molar-refractivity contribution in [1.82, 2.24) is 14.5 Å². The molecule has 0 radical (unpaired) electrons. The lowest BCUT2D eigenvalue weighted by molar-refractivity contribution is -0.0328. The third-order valence-electron chi connectivity index (χ3n) is 2.42. The Morgan fingerprint density at radius 3 is 2.84 bits per heavy atom. The van der Waals surface area contributed by atoms with Crippen molar-refractivity contribution in [2.75, 3.05) is 11.5 Å². The van der Waals surface area contributed by atoms with Crippen molar-refractivity contribution >= 4 is 17.6 Å². The van der Waals surface area contributed by atoms with Gasteiger partial charge in [-0.05, 0) is 23.9 Å². The summed E-state index contributed by atoms with van der Waals surface area (Å²) in [4.78, 5) is 7.89. The summed E-state index contributed by atoms with van der Waals surface area (Å²) in [5.74, 6) is 0.250. The highest BCUT2D eigenvalue weighted by Crippen LogP contribution is 2.30. The molecule has 4 nitrogen and oxygen atoms in total. The molecule has 2 aromatic rings. The molecule has 0 spiro atoms. The fourth-order valence-electron chi connectivity index (χ4n) is 1.62. The molecule has 0 fully saturated rings. The quantitative estimate of drug-likeness (QED) is 0.940. The molecule has 0 aromatic carbocycles. The van der Waals surface area contributed by atoms with Crippen molar-refractivity contribution in [3.8, 4) is 11.3 Å². The van der Waals surface area contributed by atoms with Crippen molar-refractivity contribution in [1.29, 1.82) is 0 Å². The molecule has 2 N–H and O–H groups in total. The Morgan fingerprint density at radius 2 is 2.16 bits per heavy atom. The van der Waals surface area contributed by atoms with Crippen LogP contribution in [-0.2, 0) is 6.54 Å². The van der Waals surface area contributed by atoms with Gasteiger partial charge < -0.3 is 10.3 Å². The van der Waals surface area contributed by atoms with E-state index < -0.39 is 5.51 Å². The van der Waals surface area contributed by atoms with Crippen LogP contribution in [0, 0.1) is 0 Å². The largest absolute Gasteiger partial charge is 0.441 e. The maximum atomic E-state index is 12.1. The molecule has 0 atom stereocenters. The van der Waals surface area contributed by atoms with Crippen molar-refractivity contribution < 1.29 is 13.2 Å². The highest BCUT2D eigenvalue weighted by molar-refractivity contribution is 8.00. The second-order valence-electron chi connectivity index (χ2n) is 3.70. The Bertz CT molecular complexity index is 553. The third-order valence-corrected chi connectivity index (χ3v) is 3.14. The molecule has 0 unspecified atom stereocenters. The van der Waals surface area contributed by atoms with E-state index in [-0.39, 0.29) is 24.1 Å². The van der Waals surface area contributed by atoms with Crippen molar-refractivity contribution in [2.24, 2.45) is 0 Å². The number of imidazole rings is 1. The van der Waals surface area contributed by atoms with Crippen LogP contribution in [-0.4, -0.2) is 25.8 Å². The second kappa shape index (κ2) is 5.52. The number of aryl methyl sites for hydroxylation is 1. The van der Waals surface area contributed by atoms with Gasteiger partial charge in [-0.1, -0.05) is 0 Å². The summed E-state index contributed by atoms with van der Waals surface area (Å²) >= 11 is -0.0556. The monoisotopic (exact) mass is 288 g/mol. The first kappa shape index (κ1) is 13.7. The van der Waals surface area contributed by atoms with E-state index in [4.69, 9.17) is 5.73 Å². The van der Waals surface area contributed by atoms with E-state index in [0.29, 0.717) is 17.1 Å². The van der Waals surface area contributed by atoms with Crippen LogP contribution >= 0.6 is 11.8 Å². The van der Waals surface area contributed by atoms with Crippen molar-refractivity contribution in [3.63, 3.8) is 0 Å². The number of hydrogen-bond donors (Lipinski definition) is 1. The molecule has 8 heteroatoms. The van der Waals surface area contributed by atoms with E-state index in [1.54, 1.807) is 29.1 Å². The van der Waals surface area contributed by atoms with Gasteiger partial charge in [0, 0.05) is 24.1 Å². The van der Waals surface area contributed by atoms with Gasteiger partial charge in [-0.2, -0.15) is 13.2 Å². The van der Waals surface area contributed by atoms with E-state index in [1.165, 1.54) is 6.33 Å². The van der Waals surface area contributed by atoms with Crippen LogP contribution in [0.3, 0.4) is 0 Å². The summed E-state index contributed by atoms with van der Waals surface area (Å²) in [6, 6.07) is 3.47. The van der Waals surface area contributed by atoms with Crippen molar-refractivity contribution in [2.45, 2.75) is 12.1 Å². The Kier molecular flexibility index (Phi) is 3.98. The molecular formula is C11H11F3N4S. The number of nitrogens with zero attached hydrogens (tertiary/aromatic N) is 3. The van der Waals surface area contributed by atoms with Crippen LogP contribution in [0.15, 0.2) is 30.9 Å². The fraction of sp³-hybridized carbons (Fsp3) is 0.273. The smallest absolute Gasteiger partial charge is 0.383 e. The number of nitrogen functional groups attached to an aromatic ring is 1. The van der Waals surface area contributed by atoms with Gasteiger partial charge in [0.1, 0.15) is 5.82 Å². The van der Waals surface area contributed by atoms with Gasteiger partial charge in [-0.3, -0.25) is 0 Å². The average molecular weight is 288 g/mol. The lowest BCUT2D eigenvalue weighted by atomic mass is 10.2. The zero-order valence-corrected chi connectivity index (χ0v) is 10.6. The number of rotatable bonds is 4. The molecule has 0 aliphatic heterocycles. The first-order valence-corrected chi connectivity index (χ1v) is 6.37. The Hall–Kier alpha value is -1.70. The second-order valence-corrected chi connectivity index (χ2v) is 4.86. The number of hydrogen-bond acceptors (Lipinski definition) is 4. The predicted octanol–water partition coefficient (Wildman–Crippen LogP) is 2.78. The van der Waals surface area contributed by atoms with Gasteiger partial charge in [-0.15, -0.1) is 0 Å². The first-order valence-electron chi connectivity index (χ1n) is 5.39. The number of anilines is 1. The maximum Gasteiger partial charge on any atom is 0.441 e. The minimum absolute atomic E-state index is 0.0556. The molecule has 0 saturated carbocycles. The van der Waals surface area contributed by atoms with Gasteiger partial charge in [-0.25, -0.2) is 9.97 Å². The maximum absolute atomic E-state index is 12.1. The molecule has 0 bridgehead atoms. The summed E-state index contributed by atoms with van der Waals surface area (Å²) in [6.45, 7) is 0.202. The van der Waals surface area contributed by atoms with Crippen LogP contribution in [0.2, 0.25) is 0 Å². The predicted molar refractivity (Wildman–Crippen MR) is 68.4 cm³/mol. The lowest BCUT2D eigenvalue weighted by Gasteiger charge is -2.10. The molecule has 2 aromatic heterocycles. The van der Waals surface area contributed by atoms with Gasteiger partial charge in [0.2, 0.25) is 0 Å². The molecule has 0 saturated heterocycles. The number of halogens is 3. The number of pyridine rings is 1. The fourth-order valence-corrected chi connectivity index (χ4v) is 2.14. The van der Waals surface area contributed by atoms with Gasteiger partial charge >= 0.3 is 5.51 Å². The molecule has 2 heterocycles. The molecule has 0 amide bonds. The lowest BCUT2D eigenvalue weighted by Crippen LogP contribution is -2.07. The van der Waals surface area contributed by atoms with E-state index >= 15 is 0 Å². The molecular weight excluding hydrogens is 277 g/mol. The van der Waals surface area contributed by atoms with E-state index in [1.807, 2.05) is 0 Å². The van der Waals surface area contributed by atoms with Crippen LogP contribution in [0.5, 0.6) is 0 Å². The normalized spacial score (nSPS) is 11.7. The number of thioether (sulfide) groups is 1. The molecule has 19 heavy (non-hydrogen) atoms. The molecule has 0 aliphatic carbocycles. The summed E-state index contributed by atoms with van der Waals surface area (Å²) in [6.07, 6.45) is 4.60. The number of nitrogens with two attached hydrogens (primary N) is 1. The van der Waals surface area contributed by atoms with Gasteiger partial charge in [0.25, 0.3) is 0 Å². The van der Waals surface area contributed by atoms with E-state index in [0.717, 1.165) is 0 Å². The third kappa shape index (κ3) is 3.63. The molecule has 0 aliphatic rings. The highest BCUT2D eigenvalue weighted by Gasteiger charge is 2.27. The zero-order valence-electron chi connectivity index (χ0n) is 9.76. The summed E-state index contributed by atoms with van der Waals surface area (Å²) in [5, 5.41) is 0. The minimum atomic E-state index is -4.21. The zero-order chi connectivity index (χ0) is 13.9. The molecule has 102 valence electrons. The minimum Gasteiger partial charge on any atom is -0.383 e. The van der Waals surface area contributed by atoms with E-state index in [9.17, 15) is 13.2 Å². The Balaban J connectivity index is 2.13. The summed E-state index contributed by atoms with van der Waals surface area (Å²) < 4.78 is 37.9. The van der Waals surface area contributed by atoms with Crippen molar-refractivity contribution in [3.05, 3.63) is 30.9 Å². The van der Waals surface area contributed by atoms with Crippen LogP contribution < -0.4 is 5.73 Å². The topological polar surface area (TPSA) is 56.7 Å². The molecule has 2 rings (SSSR count). The average Bonchev–Trinajstić information content (AvgIpc) is 2.76. The van der Waals surface area contributed by atoms with Crippen LogP contribution in [0.25, 0.3) is 11.3 Å². The number of aromatic nitrogens is 3.